The molecule has 0 N–H and O–H groups in total. The molecule has 0 fully saturated rings. The van der Waals surface area contributed by atoms with Gasteiger partial charge in [0.2, 0.25) is 0 Å². The molecule has 9 aromatic carbocycles. The standard InChI is InChI=1S/C51H33NO2/c1-51(2)40-20-8-5-13-31(40)32-26-25-30(29-41(32)51)52(43-22-12-19-38-33-14-6-9-23-44(33)54-50(38)43)42-21-11-18-35-37-27-28-46-49(39-17-7-10-24-45(39)53-46)48(37)36-16-4-3-15-34(36)47(35)42/h3-29H,1-2H3. The first-order valence-corrected chi connectivity index (χ1v) is 18.7. The minimum Gasteiger partial charge on any atom is -0.456 e. The minimum atomic E-state index is -0.153. The first-order chi connectivity index (χ1) is 26.6. The van der Waals surface area contributed by atoms with Crippen molar-refractivity contribution in [1.29, 1.82) is 0 Å². The fourth-order valence-electron chi connectivity index (χ4n) is 9.62. The zero-order valence-corrected chi connectivity index (χ0v) is 29.9. The number of hydrogen-bond acceptors (Lipinski definition) is 3. The largest absolute Gasteiger partial charge is 0.456 e. The molecule has 0 aliphatic heterocycles. The van der Waals surface area contributed by atoms with Gasteiger partial charge in [-0.1, -0.05) is 129 Å². The van der Waals surface area contributed by atoms with Crippen LogP contribution in [0.2, 0.25) is 0 Å². The summed E-state index contributed by atoms with van der Waals surface area (Å²) in [5, 5.41) is 11.7. The highest BCUT2D eigenvalue weighted by molar-refractivity contribution is 6.36. The molecule has 0 radical (unpaired) electrons. The Labute approximate surface area is 311 Å². The van der Waals surface area contributed by atoms with Crippen molar-refractivity contribution in [2.45, 2.75) is 19.3 Å². The van der Waals surface area contributed by atoms with E-state index in [0.717, 1.165) is 60.9 Å². The normalized spacial score (nSPS) is 13.5. The van der Waals surface area contributed by atoms with Crippen molar-refractivity contribution in [1.82, 2.24) is 0 Å². The van der Waals surface area contributed by atoms with Crippen LogP contribution in [-0.4, -0.2) is 0 Å². The topological polar surface area (TPSA) is 29.5 Å². The molecule has 0 amide bonds. The van der Waals surface area contributed by atoms with E-state index in [-0.39, 0.29) is 5.41 Å². The van der Waals surface area contributed by atoms with E-state index in [1.54, 1.807) is 0 Å². The fraction of sp³-hybridized carbons (Fsp3) is 0.0588. The van der Waals surface area contributed by atoms with Gasteiger partial charge in [0, 0.05) is 43.4 Å². The van der Waals surface area contributed by atoms with Crippen molar-refractivity contribution in [3.8, 4) is 11.1 Å². The molecule has 0 bridgehead atoms. The molecule has 1 aliphatic carbocycles. The molecule has 54 heavy (non-hydrogen) atoms. The van der Waals surface area contributed by atoms with E-state index < -0.39 is 0 Å². The van der Waals surface area contributed by atoms with Crippen LogP contribution in [0.3, 0.4) is 0 Å². The third-order valence-electron chi connectivity index (χ3n) is 12.0. The second kappa shape index (κ2) is 10.6. The molecular weight excluding hydrogens is 659 g/mol. The molecule has 0 unspecified atom stereocenters. The summed E-state index contributed by atoms with van der Waals surface area (Å²) in [6, 6.07) is 59.2. The van der Waals surface area contributed by atoms with Gasteiger partial charge in [-0.25, -0.2) is 0 Å². The Morgan fingerprint density at radius 1 is 0.389 bits per heavy atom. The third-order valence-corrected chi connectivity index (χ3v) is 12.0. The van der Waals surface area contributed by atoms with Gasteiger partial charge in [0.05, 0.1) is 11.4 Å². The molecule has 2 aromatic heterocycles. The quantitative estimate of drug-likeness (QED) is 0.173. The van der Waals surface area contributed by atoms with E-state index >= 15 is 0 Å². The molecule has 0 saturated heterocycles. The summed E-state index contributed by atoms with van der Waals surface area (Å²) in [6.07, 6.45) is 0. The van der Waals surface area contributed by atoms with Gasteiger partial charge in [0.15, 0.2) is 5.58 Å². The molecule has 0 saturated carbocycles. The molecule has 3 heteroatoms. The van der Waals surface area contributed by atoms with Gasteiger partial charge in [-0.2, -0.15) is 0 Å². The highest BCUT2D eigenvalue weighted by Crippen LogP contribution is 2.53. The molecule has 254 valence electrons. The Hall–Kier alpha value is -6.84. The zero-order valence-electron chi connectivity index (χ0n) is 29.9. The van der Waals surface area contributed by atoms with Crippen LogP contribution >= 0.6 is 0 Å². The van der Waals surface area contributed by atoms with Crippen LogP contribution in [0.1, 0.15) is 25.0 Å². The van der Waals surface area contributed by atoms with Gasteiger partial charge in [-0.3, -0.25) is 0 Å². The fourth-order valence-corrected chi connectivity index (χ4v) is 9.62. The number of furan rings is 2. The average Bonchev–Trinajstić information content (AvgIpc) is 3.86. The number of benzene rings is 9. The average molecular weight is 692 g/mol. The van der Waals surface area contributed by atoms with Gasteiger partial charge in [-0.15, -0.1) is 0 Å². The highest BCUT2D eigenvalue weighted by Gasteiger charge is 2.36. The van der Waals surface area contributed by atoms with Crippen LogP contribution in [0.4, 0.5) is 17.1 Å². The lowest BCUT2D eigenvalue weighted by atomic mass is 9.82. The summed E-state index contributed by atoms with van der Waals surface area (Å²) < 4.78 is 13.2. The van der Waals surface area contributed by atoms with Crippen LogP contribution in [0.15, 0.2) is 173 Å². The minimum absolute atomic E-state index is 0.153. The number of rotatable bonds is 3. The molecule has 1 aliphatic rings. The lowest BCUT2D eigenvalue weighted by Gasteiger charge is -2.29. The number of nitrogens with zero attached hydrogens (tertiary/aromatic N) is 1. The lowest BCUT2D eigenvalue weighted by Crippen LogP contribution is -2.16. The van der Waals surface area contributed by atoms with Crippen LogP contribution in [0.25, 0.3) is 87.3 Å². The Balaban J connectivity index is 1.22. The molecule has 2 heterocycles. The summed E-state index contributed by atoms with van der Waals surface area (Å²) in [7, 11) is 0. The predicted molar refractivity (Wildman–Crippen MR) is 226 cm³/mol. The molecule has 0 atom stereocenters. The van der Waals surface area contributed by atoms with Crippen molar-refractivity contribution in [2.75, 3.05) is 4.90 Å². The van der Waals surface area contributed by atoms with E-state index in [0.29, 0.717) is 0 Å². The summed E-state index contributed by atoms with van der Waals surface area (Å²) in [5.41, 5.74) is 11.9. The monoisotopic (exact) mass is 691 g/mol. The smallest absolute Gasteiger partial charge is 0.159 e. The summed E-state index contributed by atoms with van der Waals surface area (Å²) in [4.78, 5) is 2.44. The number of anilines is 3. The molecule has 11 aromatic rings. The van der Waals surface area contributed by atoms with E-state index in [2.05, 4.69) is 170 Å². The van der Waals surface area contributed by atoms with Gasteiger partial charge in [-0.05, 0) is 92.3 Å². The Kier molecular flexibility index (Phi) is 5.84. The lowest BCUT2D eigenvalue weighted by molar-refractivity contribution is 0.660. The third kappa shape index (κ3) is 3.85. The van der Waals surface area contributed by atoms with E-state index in [1.807, 2.05) is 12.1 Å². The zero-order chi connectivity index (χ0) is 35.7. The SMILES string of the molecule is CC1(C)c2ccccc2-c2ccc(N(c3cccc4c3oc3ccccc34)c3cccc4c5ccc6oc7ccccc7c6c5c5ccccc5c34)cc21. The molecule has 0 spiro atoms. The first kappa shape index (κ1) is 29.7. The second-order valence-corrected chi connectivity index (χ2v) is 15.2. The number of para-hydroxylation sites is 3. The second-order valence-electron chi connectivity index (χ2n) is 15.2. The Morgan fingerprint density at radius 3 is 1.80 bits per heavy atom. The van der Waals surface area contributed by atoms with Gasteiger partial charge in [0.1, 0.15) is 16.7 Å². The molecule has 12 rings (SSSR count). The molecular formula is C51H33NO2. The number of fused-ring (bicyclic) bond motifs is 16. The maximum atomic E-state index is 6.79. The van der Waals surface area contributed by atoms with Crippen molar-refractivity contribution in [3.05, 3.63) is 175 Å². The maximum absolute atomic E-state index is 6.79. The predicted octanol–water partition coefficient (Wildman–Crippen LogP) is 14.7. The summed E-state index contributed by atoms with van der Waals surface area (Å²) in [5.74, 6) is 0. The van der Waals surface area contributed by atoms with E-state index in [9.17, 15) is 0 Å². The van der Waals surface area contributed by atoms with Crippen LogP contribution in [0.5, 0.6) is 0 Å². The van der Waals surface area contributed by atoms with Gasteiger partial charge < -0.3 is 13.7 Å². The first-order valence-electron chi connectivity index (χ1n) is 18.7. The van der Waals surface area contributed by atoms with Crippen molar-refractivity contribution < 1.29 is 8.83 Å². The summed E-state index contributed by atoms with van der Waals surface area (Å²) >= 11 is 0. The maximum Gasteiger partial charge on any atom is 0.159 e. The molecule has 3 nitrogen and oxygen atoms in total. The Bertz CT molecular complexity index is 3350. The van der Waals surface area contributed by atoms with Crippen LogP contribution < -0.4 is 4.90 Å². The van der Waals surface area contributed by atoms with Crippen LogP contribution in [0, 0.1) is 0 Å². The van der Waals surface area contributed by atoms with E-state index in [1.165, 1.54) is 54.6 Å². The summed E-state index contributed by atoms with van der Waals surface area (Å²) in [6.45, 7) is 4.70. The van der Waals surface area contributed by atoms with Crippen LogP contribution in [-0.2, 0) is 5.41 Å². The highest BCUT2D eigenvalue weighted by atomic mass is 16.3. The van der Waals surface area contributed by atoms with Crippen molar-refractivity contribution in [2.24, 2.45) is 0 Å². The van der Waals surface area contributed by atoms with Gasteiger partial charge >= 0.3 is 0 Å². The Morgan fingerprint density at radius 2 is 0.981 bits per heavy atom. The van der Waals surface area contributed by atoms with Crippen molar-refractivity contribution in [3.63, 3.8) is 0 Å². The number of hydrogen-bond donors (Lipinski definition) is 0. The van der Waals surface area contributed by atoms with Gasteiger partial charge in [0.25, 0.3) is 0 Å². The van der Waals surface area contributed by atoms with Crippen molar-refractivity contribution >= 4 is 93.3 Å². The van der Waals surface area contributed by atoms with E-state index in [4.69, 9.17) is 8.83 Å².